The molecule has 1 atom stereocenters. The Morgan fingerprint density at radius 3 is 2.68 bits per heavy atom. The first kappa shape index (κ1) is 14.3. The third-order valence-corrected chi connectivity index (χ3v) is 3.53. The molecule has 0 aliphatic carbocycles. The molecule has 102 valence electrons. The highest BCUT2D eigenvalue weighted by Gasteiger charge is 2.36. The van der Waals surface area contributed by atoms with Gasteiger partial charge in [0.1, 0.15) is 5.15 Å². The predicted molar refractivity (Wildman–Crippen MR) is 67.7 cm³/mol. The van der Waals surface area contributed by atoms with Gasteiger partial charge in [0.05, 0.1) is 11.6 Å². The van der Waals surface area contributed by atoms with Crippen LogP contribution in [-0.4, -0.2) is 4.98 Å². The van der Waals surface area contributed by atoms with Gasteiger partial charge >= 0.3 is 6.18 Å². The largest absolute Gasteiger partial charge is 0.417 e. The van der Waals surface area contributed by atoms with Crippen molar-refractivity contribution in [2.45, 2.75) is 12.2 Å². The summed E-state index contributed by atoms with van der Waals surface area (Å²) in [6.45, 7) is 0. The number of nitrogens with zero attached hydrogens (tertiary/aromatic N) is 1. The standard InChI is InChI=1S/C11H9ClF3N3S/c12-9-3-6(1-2-17-9)10(18-16)7-4-19-5-8(7)11(13,14)15/h1-5,10,18H,16H2. The number of hydrogen-bond acceptors (Lipinski definition) is 4. The molecule has 0 spiro atoms. The summed E-state index contributed by atoms with van der Waals surface area (Å²) in [5.41, 5.74) is 2.27. The third-order valence-electron chi connectivity index (χ3n) is 2.56. The lowest BCUT2D eigenvalue weighted by atomic mass is 9.99. The van der Waals surface area contributed by atoms with Crippen LogP contribution in [-0.2, 0) is 6.18 Å². The van der Waals surface area contributed by atoms with Gasteiger partial charge in [-0.05, 0) is 28.6 Å². The lowest BCUT2D eigenvalue weighted by Crippen LogP contribution is -2.30. The van der Waals surface area contributed by atoms with E-state index >= 15 is 0 Å². The number of alkyl halides is 3. The monoisotopic (exact) mass is 307 g/mol. The first-order chi connectivity index (χ1) is 8.93. The fourth-order valence-electron chi connectivity index (χ4n) is 1.72. The quantitative estimate of drug-likeness (QED) is 0.519. The molecular weight excluding hydrogens is 299 g/mol. The smallest absolute Gasteiger partial charge is 0.271 e. The molecule has 19 heavy (non-hydrogen) atoms. The van der Waals surface area contributed by atoms with Crippen LogP contribution in [0.3, 0.4) is 0 Å². The lowest BCUT2D eigenvalue weighted by molar-refractivity contribution is -0.138. The fraction of sp³-hybridized carbons (Fsp3) is 0.182. The van der Waals surface area contributed by atoms with Crippen molar-refractivity contribution in [2.24, 2.45) is 5.84 Å². The Morgan fingerprint density at radius 1 is 1.37 bits per heavy atom. The molecule has 0 saturated carbocycles. The Labute approximate surface area is 116 Å². The van der Waals surface area contributed by atoms with Gasteiger partial charge in [-0.2, -0.15) is 24.5 Å². The highest BCUT2D eigenvalue weighted by atomic mass is 35.5. The minimum atomic E-state index is -4.42. The number of nitrogens with two attached hydrogens (primary N) is 1. The van der Waals surface area contributed by atoms with Crippen LogP contribution in [0.2, 0.25) is 5.15 Å². The molecule has 2 heterocycles. The molecule has 8 heteroatoms. The molecule has 2 aromatic heterocycles. The SMILES string of the molecule is NNC(c1ccnc(Cl)c1)c1cscc1C(F)(F)F. The van der Waals surface area contributed by atoms with E-state index in [1.54, 1.807) is 6.07 Å². The van der Waals surface area contributed by atoms with Crippen molar-refractivity contribution in [3.63, 3.8) is 0 Å². The molecule has 3 N–H and O–H groups in total. The summed E-state index contributed by atoms with van der Waals surface area (Å²) >= 11 is 6.71. The van der Waals surface area contributed by atoms with Crippen LogP contribution < -0.4 is 11.3 Å². The van der Waals surface area contributed by atoms with Gasteiger partial charge < -0.3 is 0 Å². The summed E-state index contributed by atoms with van der Waals surface area (Å²) in [5, 5.41) is 2.67. The van der Waals surface area contributed by atoms with E-state index in [9.17, 15) is 13.2 Å². The molecule has 0 aliphatic heterocycles. The molecule has 2 rings (SSSR count). The molecular formula is C11H9ClF3N3S. The molecule has 3 nitrogen and oxygen atoms in total. The van der Waals surface area contributed by atoms with Gasteiger partial charge in [0.25, 0.3) is 0 Å². The molecule has 0 amide bonds. The Hall–Kier alpha value is -1.15. The molecule has 0 aromatic carbocycles. The summed E-state index contributed by atoms with van der Waals surface area (Å²) in [6.07, 6.45) is -3.00. The molecule has 0 fully saturated rings. The number of hydrogen-bond donors (Lipinski definition) is 2. The fourth-order valence-corrected chi connectivity index (χ4v) is 2.79. The lowest BCUT2D eigenvalue weighted by Gasteiger charge is -2.18. The van der Waals surface area contributed by atoms with Crippen molar-refractivity contribution >= 4 is 22.9 Å². The molecule has 0 bridgehead atoms. The second-order valence-electron chi connectivity index (χ2n) is 3.75. The second-order valence-corrected chi connectivity index (χ2v) is 4.88. The Kier molecular flexibility index (Phi) is 4.10. The average Bonchev–Trinajstić information content (AvgIpc) is 2.79. The van der Waals surface area contributed by atoms with Crippen molar-refractivity contribution in [2.75, 3.05) is 0 Å². The summed E-state index contributed by atoms with van der Waals surface area (Å²) in [4.78, 5) is 3.79. The highest BCUT2D eigenvalue weighted by Crippen LogP contribution is 2.38. The molecule has 0 radical (unpaired) electrons. The Balaban J connectivity index is 2.46. The maximum absolute atomic E-state index is 12.9. The third kappa shape index (κ3) is 3.06. The minimum Gasteiger partial charge on any atom is -0.271 e. The number of nitrogens with one attached hydrogen (secondary N) is 1. The van der Waals surface area contributed by atoms with Gasteiger partial charge in [0, 0.05) is 11.6 Å². The Morgan fingerprint density at radius 2 is 2.11 bits per heavy atom. The van der Waals surface area contributed by atoms with E-state index in [-0.39, 0.29) is 10.7 Å². The van der Waals surface area contributed by atoms with Gasteiger partial charge in [0.15, 0.2) is 0 Å². The zero-order valence-corrected chi connectivity index (χ0v) is 11.0. The number of thiophene rings is 1. The number of pyridine rings is 1. The number of halogens is 4. The average molecular weight is 308 g/mol. The van der Waals surface area contributed by atoms with Crippen LogP contribution in [0, 0.1) is 0 Å². The zero-order valence-electron chi connectivity index (χ0n) is 9.41. The van der Waals surface area contributed by atoms with Crippen LogP contribution in [0.4, 0.5) is 13.2 Å². The summed E-state index contributed by atoms with van der Waals surface area (Å²) in [7, 11) is 0. The number of aromatic nitrogens is 1. The van der Waals surface area contributed by atoms with Crippen LogP contribution in [0.15, 0.2) is 29.1 Å². The van der Waals surface area contributed by atoms with E-state index in [0.29, 0.717) is 5.56 Å². The van der Waals surface area contributed by atoms with E-state index < -0.39 is 17.8 Å². The molecule has 0 saturated heterocycles. The van der Waals surface area contributed by atoms with Crippen LogP contribution in [0.25, 0.3) is 0 Å². The topological polar surface area (TPSA) is 50.9 Å². The van der Waals surface area contributed by atoms with Gasteiger partial charge in [0.2, 0.25) is 0 Å². The van der Waals surface area contributed by atoms with Gasteiger partial charge in [-0.3, -0.25) is 5.84 Å². The van der Waals surface area contributed by atoms with E-state index in [1.165, 1.54) is 17.6 Å². The molecule has 0 aliphatic rings. The highest BCUT2D eigenvalue weighted by molar-refractivity contribution is 7.08. The maximum Gasteiger partial charge on any atom is 0.417 e. The van der Waals surface area contributed by atoms with Crippen molar-refractivity contribution in [1.82, 2.24) is 10.4 Å². The van der Waals surface area contributed by atoms with Gasteiger partial charge in [-0.15, -0.1) is 0 Å². The molecule has 2 aromatic rings. The van der Waals surface area contributed by atoms with Crippen molar-refractivity contribution < 1.29 is 13.2 Å². The van der Waals surface area contributed by atoms with Crippen molar-refractivity contribution in [3.8, 4) is 0 Å². The zero-order chi connectivity index (χ0) is 14.0. The first-order valence-corrected chi connectivity index (χ1v) is 6.46. The van der Waals surface area contributed by atoms with Crippen LogP contribution in [0.5, 0.6) is 0 Å². The normalized spacial score (nSPS) is 13.5. The number of hydrazine groups is 1. The Bertz CT molecular complexity index is 570. The minimum absolute atomic E-state index is 0.0715. The van der Waals surface area contributed by atoms with E-state index in [4.69, 9.17) is 17.4 Å². The van der Waals surface area contributed by atoms with Gasteiger partial charge in [-0.1, -0.05) is 11.6 Å². The molecule has 1 unspecified atom stereocenters. The van der Waals surface area contributed by atoms with Crippen LogP contribution in [0.1, 0.15) is 22.7 Å². The maximum atomic E-state index is 12.9. The summed E-state index contributed by atoms with van der Waals surface area (Å²) < 4.78 is 38.6. The van der Waals surface area contributed by atoms with E-state index in [0.717, 1.165) is 16.7 Å². The second kappa shape index (κ2) is 5.46. The summed E-state index contributed by atoms with van der Waals surface area (Å²) in [5.74, 6) is 5.38. The summed E-state index contributed by atoms with van der Waals surface area (Å²) in [6, 6.07) is 2.25. The van der Waals surface area contributed by atoms with Gasteiger partial charge in [-0.25, -0.2) is 10.4 Å². The predicted octanol–water partition coefficient (Wildman–Crippen LogP) is 3.37. The van der Waals surface area contributed by atoms with Crippen molar-refractivity contribution in [3.05, 3.63) is 50.9 Å². The number of rotatable bonds is 3. The van der Waals surface area contributed by atoms with E-state index in [1.807, 2.05) is 0 Å². The first-order valence-electron chi connectivity index (χ1n) is 5.14. The van der Waals surface area contributed by atoms with E-state index in [2.05, 4.69) is 10.4 Å². The van der Waals surface area contributed by atoms with Crippen molar-refractivity contribution in [1.29, 1.82) is 0 Å². The van der Waals surface area contributed by atoms with Crippen LogP contribution >= 0.6 is 22.9 Å².